The van der Waals surface area contributed by atoms with Gasteiger partial charge in [0.05, 0.1) is 24.6 Å². The molecule has 1 N–H and O–H groups in total. The van der Waals surface area contributed by atoms with Crippen LogP contribution in [0.25, 0.3) is 0 Å². The summed E-state index contributed by atoms with van der Waals surface area (Å²) in [5, 5.41) is 3.04. The molecule has 132 valence electrons. The van der Waals surface area contributed by atoms with Gasteiger partial charge in [-0.1, -0.05) is 42.5 Å². The molecule has 2 atom stereocenters. The van der Waals surface area contributed by atoms with Crippen LogP contribution in [0.4, 0.5) is 0 Å². The van der Waals surface area contributed by atoms with E-state index in [2.05, 4.69) is 5.32 Å². The van der Waals surface area contributed by atoms with E-state index < -0.39 is 12.0 Å². The monoisotopic (exact) mass is 359 g/mol. The second kappa shape index (κ2) is 9.13. The van der Waals surface area contributed by atoms with E-state index in [0.29, 0.717) is 23.4 Å². The zero-order valence-corrected chi connectivity index (χ0v) is 15.0. The summed E-state index contributed by atoms with van der Waals surface area (Å²) < 4.78 is 9.89. The predicted molar refractivity (Wildman–Crippen MR) is 98.1 cm³/mol. The summed E-state index contributed by atoms with van der Waals surface area (Å²) in [4.78, 5) is 24.2. The molecule has 6 heteroatoms. The van der Waals surface area contributed by atoms with Crippen LogP contribution in [-0.4, -0.2) is 23.9 Å². The SMILES string of the molecule is COC(=O)C(NC(=S)C(CC(C)=O)Cc1ccccc1)c1ccoc1. The molecule has 0 bridgehead atoms. The minimum absolute atomic E-state index is 0.0445. The number of carbonyl (C=O) groups is 2. The van der Waals surface area contributed by atoms with E-state index in [1.165, 1.54) is 26.6 Å². The molecule has 0 saturated carbocycles. The van der Waals surface area contributed by atoms with Crippen molar-refractivity contribution in [1.82, 2.24) is 5.32 Å². The molecule has 0 aliphatic rings. The Bertz CT molecular complexity index is 712. The van der Waals surface area contributed by atoms with E-state index >= 15 is 0 Å². The smallest absolute Gasteiger partial charge is 0.333 e. The number of nitrogens with one attached hydrogen (secondary N) is 1. The van der Waals surface area contributed by atoms with E-state index in [-0.39, 0.29) is 11.7 Å². The van der Waals surface area contributed by atoms with Gasteiger partial charge in [-0.3, -0.25) is 0 Å². The van der Waals surface area contributed by atoms with Gasteiger partial charge in [-0.2, -0.15) is 0 Å². The Morgan fingerprint density at radius 2 is 1.96 bits per heavy atom. The quantitative estimate of drug-likeness (QED) is 0.576. The van der Waals surface area contributed by atoms with Crippen LogP contribution in [0.3, 0.4) is 0 Å². The summed E-state index contributed by atoms with van der Waals surface area (Å²) in [5.74, 6) is -0.623. The van der Waals surface area contributed by atoms with Crippen molar-refractivity contribution in [3.8, 4) is 0 Å². The molecule has 25 heavy (non-hydrogen) atoms. The zero-order chi connectivity index (χ0) is 18.2. The van der Waals surface area contributed by atoms with E-state index in [0.717, 1.165) is 5.56 Å². The number of furan rings is 1. The first-order valence-corrected chi connectivity index (χ1v) is 8.35. The van der Waals surface area contributed by atoms with Crippen LogP contribution in [0, 0.1) is 5.92 Å². The first kappa shape index (κ1) is 18.9. The second-order valence-corrected chi connectivity index (χ2v) is 6.25. The molecule has 1 aromatic heterocycles. The summed E-state index contributed by atoms with van der Waals surface area (Å²) in [6.45, 7) is 1.54. The summed E-state index contributed by atoms with van der Waals surface area (Å²) in [6, 6.07) is 10.7. The summed E-state index contributed by atoms with van der Waals surface area (Å²) in [6.07, 6.45) is 3.87. The number of hydrogen-bond acceptors (Lipinski definition) is 5. The fourth-order valence-electron chi connectivity index (χ4n) is 2.60. The van der Waals surface area contributed by atoms with Crippen LogP contribution in [0.2, 0.25) is 0 Å². The molecular formula is C19H21NO4S. The molecule has 2 aromatic rings. The molecule has 0 saturated heterocycles. The molecule has 0 amide bonds. The average molecular weight is 359 g/mol. The number of carbonyl (C=O) groups excluding carboxylic acids is 2. The highest BCUT2D eigenvalue weighted by atomic mass is 32.1. The van der Waals surface area contributed by atoms with Crippen molar-refractivity contribution in [2.45, 2.75) is 25.8 Å². The lowest BCUT2D eigenvalue weighted by Crippen LogP contribution is -2.38. The summed E-state index contributed by atoms with van der Waals surface area (Å²) in [5.41, 5.74) is 1.70. The predicted octanol–water partition coefficient (Wildman–Crippen LogP) is 3.25. The van der Waals surface area contributed by atoms with Crippen LogP contribution in [0.15, 0.2) is 53.3 Å². The zero-order valence-electron chi connectivity index (χ0n) is 14.2. The maximum absolute atomic E-state index is 12.1. The van der Waals surface area contributed by atoms with Crippen molar-refractivity contribution >= 4 is 29.0 Å². The Kier molecular flexibility index (Phi) is 6.89. The minimum Gasteiger partial charge on any atom is -0.472 e. The fourth-order valence-corrected chi connectivity index (χ4v) is 2.88. The number of ether oxygens (including phenoxy) is 1. The molecule has 1 heterocycles. The number of esters is 1. The number of ketones is 1. The Hall–Kier alpha value is -2.47. The number of benzene rings is 1. The average Bonchev–Trinajstić information content (AvgIpc) is 3.13. The number of methoxy groups -OCH3 is 1. The van der Waals surface area contributed by atoms with Gasteiger partial charge in [0.2, 0.25) is 0 Å². The Labute approximate surface area is 152 Å². The fraction of sp³-hybridized carbons (Fsp3) is 0.316. The van der Waals surface area contributed by atoms with Gasteiger partial charge in [0.1, 0.15) is 5.78 Å². The first-order chi connectivity index (χ1) is 12.0. The van der Waals surface area contributed by atoms with Crippen LogP contribution < -0.4 is 5.32 Å². The van der Waals surface area contributed by atoms with Gasteiger partial charge in [0, 0.05) is 17.9 Å². The van der Waals surface area contributed by atoms with E-state index in [1.54, 1.807) is 6.07 Å². The van der Waals surface area contributed by atoms with Crippen LogP contribution >= 0.6 is 12.2 Å². The largest absolute Gasteiger partial charge is 0.472 e. The van der Waals surface area contributed by atoms with Gasteiger partial charge in [-0.15, -0.1) is 0 Å². The third kappa shape index (κ3) is 5.53. The molecule has 2 rings (SSSR count). The Balaban J connectivity index is 2.16. The van der Waals surface area contributed by atoms with E-state index in [9.17, 15) is 9.59 Å². The number of rotatable bonds is 8. The third-order valence-corrected chi connectivity index (χ3v) is 4.28. The number of hydrogen-bond donors (Lipinski definition) is 1. The second-order valence-electron chi connectivity index (χ2n) is 5.81. The molecule has 1 aromatic carbocycles. The highest BCUT2D eigenvalue weighted by Gasteiger charge is 2.26. The van der Waals surface area contributed by atoms with Crippen molar-refractivity contribution in [1.29, 1.82) is 0 Å². The maximum atomic E-state index is 12.1. The highest BCUT2D eigenvalue weighted by Crippen LogP contribution is 2.20. The normalized spacial score (nSPS) is 12.9. The lowest BCUT2D eigenvalue weighted by Gasteiger charge is -2.22. The third-order valence-electron chi connectivity index (χ3n) is 3.83. The van der Waals surface area contributed by atoms with Crippen LogP contribution in [0.1, 0.15) is 30.5 Å². The molecule has 0 aliphatic carbocycles. The minimum atomic E-state index is -0.763. The lowest BCUT2D eigenvalue weighted by molar-refractivity contribution is -0.142. The Morgan fingerprint density at radius 1 is 1.24 bits per heavy atom. The molecule has 0 aliphatic heterocycles. The first-order valence-electron chi connectivity index (χ1n) is 7.95. The van der Waals surface area contributed by atoms with Gasteiger partial charge < -0.3 is 19.3 Å². The van der Waals surface area contributed by atoms with Gasteiger partial charge in [-0.25, -0.2) is 4.79 Å². The molecular weight excluding hydrogens is 338 g/mol. The standard InChI is InChI=1S/C19H21NO4S/c1-13(21)10-16(11-14-6-4-3-5-7-14)18(25)20-17(19(22)23-2)15-8-9-24-12-15/h3-9,12,16-17H,10-11H2,1-2H3,(H,20,25). The van der Waals surface area contributed by atoms with Gasteiger partial charge >= 0.3 is 5.97 Å². The molecule has 0 fully saturated rings. The molecule has 0 radical (unpaired) electrons. The molecule has 0 spiro atoms. The molecule has 5 nitrogen and oxygen atoms in total. The van der Waals surface area contributed by atoms with Crippen LogP contribution in [0.5, 0.6) is 0 Å². The lowest BCUT2D eigenvalue weighted by atomic mass is 9.94. The number of thiocarbonyl (C=S) groups is 1. The molecule has 2 unspecified atom stereocenters. The Morgan fingerprint density at radius 3 is 2.52 bits per heavy atom. The van der Waals surface area contributed by atoms with Crippen molar-refractivity contribution in [2.75, 3.05) is 7.11 Å². The van der Waals surface area contributed by atoms with Crippen molar-refractivity contribution < 1.29 is 18.7 Å². The van der Waals surface area contributed by atoms with Gasteiger partial charge in [0.15, 0.2) is 6.04 Å². The van der Waals surface area contributed by atoms with Crippen LogP contribution in [-0.2, 0) is 20.7 Å². The topological polar surface area (TPSA) is 68.5 Å². The maximum Gasteiger partial charge on any atom is 0.333 e. The van der Waals surface area contributed by atoms with Crippen molar-refractivity contribution in [3.63, 3.8) is 0 Å². The van der Waals surface area contributed by atoms with E-state index in [1.807, 2.05) is 30.3 Å². The number of Topliss-reactive ketones (excluding diaryl/α,β-unsaturated/α-hetero) is 1. The van der Waals surface area contributed by atoms with E-state index in [4.69, 9.17) is 21.4 Å². The summed E-state index contributed by atoms with van der Waals surface area (Å²) >= 11 is 5.51. The summed E-state index contributed by atoms with van der Waals surface area (Å²) in [7, 11) is 1.32. The van der Waals surface area contributed by atoms with Crippen molar-refractivity contribution in [3.05, 3.63) is 60.1 Å². The van der Waals surface area contributed by atoms with Crippen molar-refractivity contribution in [2.24, 2.45) is 5.92 Å². The highest BCUT2D eigenvalue weighted by molar-refractivity contribution is 7.80. The van der Waals surface area contributed by atoms with Gasteiger partial charge in [0.25, 0.3) is 0 Å². The van der Waals surface area contributed by atoms with Gasteiger partial charge in [-0.05, 0) is 25.0 Å².